The van der Waals surface area contributed by atoms with Crippen LogP contribution in [0.3, 0.4) is 0 Å². The Hall–Kier alpha value is -4.79. The first-order valence-corrected chi connectivity index (χ1v) is 11.7. The molecule has 1 aliphatic rings. The lowest BCUT2D eigenvalue weighted by Crippen LogP contribution is -2.28. The van der Waals surface area contributed by atoms with Crippen molar-refractivity contribution in [3.05, 3.63) is 91.0 Å². The number of benzene rings is 1. The van der Waals surface area contributed by atoms with Crippen molar-refractivity contribution in [1.29, 1.82) is 0 Å². The smallest absolute Gasteiger partial charge is 0.253 e. The standard InChI is InChI=1S/C27H23N7O2/c1-2-25(35)31-19-6-3-5-17(13-19)27(36)33-12-9-18(16-33)23-14-21-20(8-11-28-26(21)32-23)22-15-30-34-24(22)7-4-10-29-34/h2-8,10-11,13-15,18H,1,9,12,16H2,(H,28,32)(H,31,35)/t18-/m1/s1. The van der Waals surface area contributed by atoms with Crippen LogP contribution in [-0.4, -0.2) is 54.6 Å². The average Bonchev–Trinajstić information content (AvgIpc) is 3.66. The molecule has 4 aromatic heterocycles. The highest BCUT2D eigenvalue weighted by molar-refractivity contribution is 6.01. The summed E-state index contributed by atoms with van der Waals surface area (Å²) in [5.74, 6) is -0.195. The van der Waals surface area contributed by atoms with Gasteiger partial charge in [-0.3, -0.25) is 9.59 Å². The van der Waals surface area contributed by atoms with Crippen LogP contribution in [0.15, 0.2) is 79.8 Å². The molecule has 9 nitrogen and oxygen atoms in total. The molecular weight excluding hydrogens is 454 g/mol. The van der Waals surface area contributed by atoms with Gasteiger partial charge in [-0.2, -0.15) is 14.8 Å². The van der Waals surface area contributed by atoms with Crippen LogP contribution >= 0.6 is 0 Å². The Morgan fingerprint density at radius 3 is 2.89 bits per heavy atom. The van der Waals surface area contributed by atoms with Crippen LogP contribution < -0.4 is 5.32 Å². The lowest BCUT2D eigenvalue weighted by molar-refractivity contribution is -0.111. The van der Waals surface area contributed by atoms with Crippen LogP contribution in [0.5, 0.6) is 0 Å². The Labute approximate surface area is 206 Å². The summed E-state index contributed by atoms with van der Waals surface area (Å²) in [6.07, 6.45) is 7.38. The first kappa shape index (κ1) is 21.7. The molecule has 1 saturated heterocycles. The summed E-state index contributed by atoms with van der Waals surface area (Å²) in [6, 6.07) is 15.0. The quantitative estimate of drug-likeness (QED) is 0.372. The van der Waals surface area contributed by atoms with Gasteiger partial charge in [-0.25, -0.2) is 4.98 Å². The van der Waals surface area contributed by atoms with E-state index in [1.165, 1.54) is 6.08 Å². The number of pyridine rings is 1. The van der Waals surface area contributed by atoms with Gasteiger partial charge in [-0.15, -0.1) is 0 Å². The molecule has 1 aliphatic heterocycles. The number of fused-ring (bicyclic) bond motifs is 2. The molecule has 2 N–H and O–H groups in total. The third kappa shape index (κ3) is 3.80. The second-order valence-electron chi connectivity index (χ2n) is 8.81. The monoisotopic (exact) mass is 477 g/mol. The molecule has 0 spiro atoms. The zero-order valence-electron chi connectivity index (χ0n) is 19.4. The number of hydrogen-bond acceptors (Lipinski definition) is 5. The minimum Gasteiger partial charge on any atom is -0.343 e. The molecule has 0 aliphatic carbocycles. The average molecular weight is 478 g/mol. The highest BCUT2D eigenvalue weighted by atomic mass is 16.2. The third-order valence-corrected chi connectivity index (χ3v) is 6.62. The third-order valence-electron chi connectivity index (χ3n) is 6.62. The molecule has 2 amide bonds. The molecule has 1 fully saturated rings. The van der Waals surface area contributed by atoms with E-state index in [0.717, 1.165) is 39.8 Å². The number of nitrogens with one attached hydrogen (secondary N) is 2. The Morgan fingerprint density at radius 2 is 2.00 bits per heavy atom. The lowest BCUT2D eigenvalue weighted by Gasteiger charge is -2.17. The van der Waals surface area contributed by atoms with Crippen LogP contribution in [0.25, 0.3) is 27.7 Å². The van der Waals surface area contributed by atoms with E-state index in [2.05, 4.69) is 38.1 Å². The predicted molar refractivity (Wildman–Crippen MR) is 137 cm³/mol. The minimum atomic E-state index is -0.312. The molecule has 1 aromatic carbocycles. The molecule has 0 radical (unpaired) electrons. The van der Waals surface area contributed by atoms with E-state index in [1.807, 2.05) is 29.3 Å². The zero-order valence-corrected chi connectivity index (χ0v) is 19.4. The summed E-state index contributed by atoms with van der Waals surface area (Å²) in [5.41, 5.74) is 5.93. The van der Waals surface area contributed by atoms with Crippen LogP contribution in [0.4, 0.5) is 5.69 Å². The number of carbonyl (C=O) groups excluding carboxylic acids is 2. The Kier molecular flexibility index (Phi) is 5.29. The second-order valence-corrected chi connectivity index (χ2v) is 8.81. The number of hydrogen-bond donors (Lipinski definition) is 2. The van der Waals surface area contributed by atoms with Gasteiger partial charge in [0.05, 0.1) is 11.7 Å². The van der Waals surface area contributed by atoms with E-state index in [4.69, 9.17) is 0 Å². The normalized spacial score (nSPS) is 15.4. The molecular formula is C27H23N7O2. The Morgan fingerprint density at radius 1 is 1.08 bits per heavy atom. The van der Waals surface area contributed by atoms with E-state index in [1.54, 1.807) is 41.3 Å². The molecule has 5 heterocycles. The maximum absolute atomic E-state index is 13.2. The molecule has 1 atom stereocenters. The van der Waals surface area contributed by atoms with Gasteiger partial charge >= 0.3 is 0 Å². The first-order chi connectivity index (χ1) is 17.6. The Balaban J connectivity index is 1.25. The van der Waals surface area contributed by atoms with Crippen molar-refractivity contribution < 1.29 is 9.59 Å². The molecule has 5 aromatic rings. The van der Waals surface area contributed by atoms with Crippen molar-refractivity contribution in [2.24, 2.45) is 0 Å². The van der Waals surface area contributed by atoms with Gasteiger partial charge in [-0.1, -0.05) is 12.6 Å². The summed E-state index contributed by atoms with van der Waals surface area (Å²) >= 11 is 0. The van der Waals surface area contributed by atoms with Crippen LogP contribution in [0.1, 0.15) is 28.4 Å². The van der Waals surface area contributed by atoms with Crippen molar-refractivity contribution in [2.45, 2.75) is 12.3 Å². The van der Waals surface area contributed by atoms with Gasteiger partial charge in [0, 0.05) is 59.3 Å². The summed E-state index contributed by atoms with van der Waals surface area (Å²) in [7, 11) is 0. The zero-order chi connectivity index (χ0) is 24.6. The van der Waals surface area contributed by atoms with Crippen molar-refractivity contribution >= 4 is 34.1 Å². The predicted octanol–water partition coefficient (Wildman–Crippen LogP) is 4.03. The first-order valence-electron chi connectivity index (χ1n) is 11.7. The maximum atomic E-state index is 13.2. The topological polar surface area (TPSA) is 108 Å². The van der Waals surface area contributed by atoms with E-state index in [0.29, 0.717) is 24.3 Å². The van der Waals surface area contributed by atoms with Gasteiger partial charge < -0.3 is 15.2 Å². The molecule has 6 rings (SSSR count). The van der Waals surface area contributed by atoms with Gasteiger partial charge in [-0.05, 0) is 60.5 Å². The van der Waals surface area contributed by atoms with Crippen LogP contribution in [-0.2, 0) is 4.79 Å². The van der Waals surface area contributed by atoms with E-state index in [-0.39, 0.29) is 17.7 Å². The lowest BCUT2D eigenvalue weighted by atomic mass is 10.0. The highest BCUT2D eigenvalue weighted by Gasteiger charge is 2.29. The van der Waals surface area contributed by atoms with Gasteiger partial charge in [0.25, 0.3) is 5.91 Å². The highest BCUT2D eigenvalue weighted by Crippen LogP contribution is 2.35. The number of aromatic amines is 1. The molecule has 0 unspecified atom stereocenters. The van der Waals surface area contributed by atoms with Crippen LogP contribution in [0.2, 0.25) is 0 Å². The summed E-state index contributed by atoms with van der Waals surface area (Å²) in [6.45, 7) is 4.72. The number of likely N-dealkylation sites (tertiary alicyclic amines) is 1. The fourth-order valence-corrected chi connectivity index (χ4v) is 4.85. The van der Waals surface area contributed by atoms with E-state index >= 15 is 0 Å². The van der Waals surface area contributed by atoms with E-state index in [9.17, 15) is 9.59 Å². The van der Waals surface area contributed by atoms with Crippen LogP contribution in [0, 0.1) is 0 Å². The number of aromatic nitrogens is 5. The largest absolute Gasteiger partial charge is 0.343 e. The number of carbonyl (C=O) groups is 2. The number of H-pyrrole nitrogens is 1. The van der Waals surface area contributed by atoms with Crippen molar-refractivity contribution in [2.75, 3.05) is 18.4 Å². The van der Waals surface area contributed by atoms with Gasteiger partial charge in [0.2, 0.25) is 5.91 Å². The number of nitrogens with zero attached hydrogens (tertiary/aromatic N) is 5. The van der Waals surface area contributed by atoms with E-state index < -0.39 is 0 Å². The molecule has 0 saturated carbocycles. The van der Waals surface area contributed by atoms with Gasteiger partial charge in [0.15, 0.2) is 0 Å². The molecule has 178 valence electrons. The minimum absolute atomic E-state index is 0.0546. The van der Waals surface area contributed by atoms with Crippen molar-refractivity contribution in [3.63, 3.8) is 0 Å². The fourth-order valence-electron chi connectivity index (χ4n) is 4.85. The maximum Gasteiger partial charge on any atom is 0.253 e. The summed E-state index contributed by atoms with van der Waals surface area (Å²) in [4.78, 5) is 34.7. The SMILES string of the molecule is C=CC(=O)Nc1cccc(C(=O)N2CC[C@@H](c3cc4c(-c5cnn6ncccc56)ccnc4[nH]3)C2)c1. The molecule has 36 heavy (non-hydrogen) atoms. The Bertz CT molecular complexity index is 1630. The van der Waals surface area contributed by atoms with Crippen molar-refractivity contribution in [3.8, 4) is 11.1 Å². The molecule has 9 heteroatoms. The summed E-state index contributed by atoms with van der Waals surface area (Å²) < 4.78 is 1.62. The second kappa shape index (κ2) is 8.77. The van der Waals surface area contributed by atoms with Crippen molar-refractivity contribution in [1.82, 2.24) is 29.7 Å². The summed E-state index contributed by atoms with van der Waals surface area (Å²) in [5, 5.41) is 12.4. The number of rotatable bonds is 5. The van der Waals surface area contributed by atoms with Gasteiger partial charge in [0.1, 0.15) is 5.65 Å². The fraction of sp³-hybridized carbons (Fsp3) is 0.148. The molecule has 0 bridgehead atoms. The number of amides is 2. The number of anilines is 1.